The van der Waals surface area contributed by atoms with Gasteiger partial charge in [-0.05, 0) is 11.6 Å². The Morgan fingerprint density at radius 1 is 1.33 bits per heavy atom. The highest BCUT2D eigenvalue weighted by Gasteiger charge is 2.00. The van der Waals surface area contributed by atoms with Gasteiger partial charge in [-0.1, -0.05) is 6.07 Å². The summed E-state index contributed by atoms with van der Waals surface area (Å²) < 4.78 is 0. The van der Waals surface area contributed by atoms with Crippen LogP contribution in [-0.2, 0) is 11.3 Å². The lowest BCUT2D eigenvalue weighted by atomic mass is 10.1. The molecular weight excluding hydrogens is 158 g/mol. The van der Waals surface area contributed by atoms with Gasteiger partial charge in [0.25, 0.3) is 0 Å². The molecule has 1 aromatic rings. The molecule has 12 heavy (non-hydrogen) atoms. The van der Waals surface area contributed by atoms with E-state index in [9.17, 15) is 5.11 Å². The van der Waals surface area contributed by atoms with Crippen LogP contribution in [0.25, 0.3) is 0 Å². The summed E-state index contributed by atoms with van der Waals surface area (Å²) in [6.45, 7) is 0.346. The van der Waals surface area contributed by atoms with Crippen LogP contribution in [0.2, 0.25) is 0 Å². The first-order valence-electron chi connectivity index (χ1n) is 3.56. The van der Waals surface area contributed by atoms with Gasteiger partial charge in [0, 0.05) is 12.5 Å². The lowest BCUT2D eigenvalue weighted by Crippen LogP contribution is -2.03. The molecule has 4 nitrogen and oxygen atoms in total. The van der Waals surface area contributed by atoms with E-state index >= 15 is 0 Å². The molecule has 0 aliphatic heterocycles. The molecule has 0 aliphatic carbocycles. The lowest BCUT2D eigenvalue weighted by Gasteiger charge is -2.03. The average Bonchev–Trinajstić information content (AvgIpc) is 2.03. The summed E-state index contributed by atoms with van der Waals surface area (Å²) in [5.74, 6) is 4.93. The molecule has 66 valence electrons. The van der Waals surface area contributed by atoms with E-state index in [4.69, 9.17) is 11.0 Å². The summed E-state index contributed by atoms with van der Waals surface area (Å²) in [5.41, 5.74) is 0.707. The maximum Gasteiger partial charge on any atom is 0.122 e. The summed E-state index contributed by atoms with van der Waals surface area (Å²) >= 11 is 0. The molecule has 0 aliphatic rings. The van der Waals surface area contributed by atoms with E-state index in [1.807, 2.05) is 0 Å². The van der Waals surface area contributed by atoms with Crippen molar-refractivity contribution in [3.05, 3.63) is 23.8 Å². The molecule has 1 aromatic carbocycles. The highest BCUT2D eigenvalue weighted by molar-refractivity contribution is 5.38. The van der Waals surface area contributed by atoms with Crippen LogP contribution in [0.5, 0.6) is 11.5 Å². The summed E-state index contributed by atoms with van der Waals surface area (Å²) in [5, 5.41) is 18.2. The van der Waals surface area contributed by atoms with Gasteiger partial charge in [0.05, 0.1) is 6.61 Å². The Hall–Kier alpha value is -1.26. The van der Waals surface area contributed by atoms with Crippen molar-refractivity contribution in [2.45, 2.75) is 6.42 Å². The standard InChI is InChI=1S/C8H11NO3/c9-12-4-3-6-1-2-7(10)5-8(6)11/h1-2,5,10-11H,3-4,9H2. The number of nitrogens with two attached hydrogens (primary N) is 1. The monoisotopic (exact) mass is 169 g/mol. The van der Waals surface area contributed by atoms with Crippen LogP contribution >= 0.6 is 0 Å². The SMILES string of the molecule is NOCCc1ccc(O)cc1O. The predicted molar refractivity (Wildman–Crippen MR) is 43.6 cm³/mol. The highest BCUT2D eigenvalue weighted by Crippen LogP contribution is 2.22. The van der Waals surface area contributed by atoms with Crippen LogP contribution in [0.15, 0.2) is 18.2 Å². The molecule has 0 atom stereocenters. The normalized spacial score (nSPS) is 10.1. The van der Waals surface area contributed by atoms with Crippen molar-refractivity contribution >= 4 is 0 Å². The molecule has 0 aromatic heterocycles. The average molecular weight is 169 g/mol. The number of phenolic OH excluding ortho intramolecular Hbond substituents is 2. The Kier molecular flexibility index (Phi) is 2.90. The van der Waals surface area contributed by atoms with Crippen molar-refractivity contribution in [3.8, 4) is 11.5 Å². The quantitative estimate of drug-likeness (QED) is 0.577. The molecule has 0 spiro atoms. The summed E-state index contributed by atoms with van der Waals surface area (Å²) in [6, 6.07) is 4.42. The zero-order valence-corrected chi connectivity index (χ0v) is 6.53. The van der Waals surface area contributed by atoms with Crippen molar-refractivity contribution in [1.29, 1.82) is 0 Å². The molecule has 0 radical (unpaired) electrons. The molecule has 1 rings (SSSR count). The number of hydrogen-bond acceptors (Lipinski definition) is 4. The minimum Gasteiger partial charge on any atom is -0.508 e. The maximum atomic E-state index is 9.26. The lowest BCUT2D eigenvalue weighted by molar-refractivity contribution is 0.140. The molecule has 0 saturated heterocycles. The number of hydrogen-bond donors (Lipinski definition) is 3. The van der Waals surface area contributed by atoms with Gasteiger partial charge in [0.2, 0.25) is 0 Å². The fourth-order valence-electron chi connectivity index (χ4n) is 0.933. The summed E-state index contributed by atoms with van der Waals surface area (Å²) in [7, 11) is 0. The first-order chi connectivity index (χ1) is 5.74. The van der Waals surface area contributed by atoms with Gasteiger partial charge in [-0.15, -0.1) is 0 Å². The van der Waals surface area contributed by atoms with Gasteiger partial charge in [-0.25, -0.2) is 5.90 Å². The minimum atomic E-state index is 0.0462. The fraction of sp³-hybridized carbons (Fsp3) is 0.250. The van der Waals surface area contributed by atoms with Crippen molar-refractivity contribution < 1.29 is 15.1 Å². The molecule has 0 bridgehead atoms. The second-order valence-corrected chi connectivity index (χ2v) is 2.43. The zero-order chi connectivity index (χ0) is 8.97. The Balaban J connectivity index is 2.72. The predicted octanol–water partition coefficient (Wildman–Crippen LogP) is 0.531. The van der Waals surface area contributed by atoms with Crippen LogP contribution in [0.4, 0.5) is 0 Å². The van der Waals surface area contributed by atoms with Crippen LogP contribution in [0.1, 0.15) is 5.56 Å². The molecule has 4 N–H and O–H groups in total. The Labute approximate surface area is 70.2 Å². The van der Waals surface area contributed by atoms with Gasteiger partial charge >= 0.3 is 0 Å². The third-order valence-electron chi connectivity index (χ3n) is 1.56. The Morgan fingerprint density at radius 2 is 2.08 bits per heavy atom. The molecule has 0 heterocycles. The van der Waals surface area contributed by atoms with Crippen LogP contribution in [-0.4, -0.2) is 16.8 Å². The van der Waals surface area contributed by atoms with Crippen molar-refractivity contribution in [1.82, 2.24) is 0 Å². The van der Waals surface area contributed by atoms with E-state index in [2.05, 4.69) is 4.84 Å². The molecular formula is C8H11NO3. The van der Waals surface area contributed by atoms with Crippen molar-refractivity contribution in [2.24, 2.45) is 5.90 Å². The zero-order valence-electron chi connectivity index (χ0n) is 6.53. The van der Waals surface area contributed by atoms with E-state index in [0.717, 1.165) is 0 Å². The Morgan fingerprint density at radius 3 is 2.67 bits per heavy atom. The smallest absolute Gasteiger partial charge is 0.122 e. The Bertz CT molecular complexity index is 262. The summed E-state index contributed by atoms with van der Waals surface area (Å²) in [4.78, 5) is 4.36. The summed E-state index contributed by atoms with van der Waals surface area (Å²) in [6.07, 6.45) is 0.530. The third-order valence-corrected chi connectivity index (χ3v) is 1.56. The number of rotatable bonds is 3. The largest absolute Gasteiger partial charge is 0.508 e. The van der Waals surface area contributed by atoms with E-state index in [1.165, 1.54) is 12.1 Å². The molecule has 0 amide bonds. The van der Waals surface area contributed by atoms with E-state index in [1.54, 1.807) is 6.07 Å². The third kappa shape index (κ3) is 2.11. The highest BCUT2D eigenvalue weighted by atomic mass is 16.6. The topological polar surface area (TPSA) is 75.7 Å². The van der Waals surface area contributed by atoms with E-state index in [0.29, 0.717) is 18.6 Å². The number of aromatic hydroxyl groups is 2. The fourth-order valence-corrected chi connectivity index (χ4v) is 0.933. The van der Waals surface area contributed by atoms with Gasteiger partial charge in [-0.3, -0.25) is 0 Å². The molecule has 4 heteroatoms. The molecule has 0 unspecified atom stereocenters. The van der Waals surface area contributed by atoms with Gasteiger partial charge in [0.1, 0.15) is 11.5 Å². The number of benzene rings is 1. The van der Waals surface area contributed by atoms with Crippen molar-refractivity contribution in [2.75, 3.05) is 6.61 Å². The minimum absolute atomic E-state index is 0.0462. The second-order valence-electron chi connectivity index (χ2n) is 2.43. The number of phenols is 2. The van der Waals surface area contributed by atoms with Crippen LogP contribution < -0.4 is 5.90 Å². The van der Waals surface area contributed by atoms with Gasteiger partial charge in [0.15, 0.2) is 0 Å². The van der Waals surface area contributed by atoms with Crippen molar-refractivity contribution in [3.63, 3.8) is 0 Å². The first-order valence-corrected chi connectivity index (χ1v) is 3.56. The van der Waals surface area contributed by atoms with Crippen LogP contribution in [0.3, 0.4) is 0 Å². The first kappa shape index (κ1) is 8.83. The molecule has 0 saturated carbocycles. The van der Waals surface area contributed by atoms with E-state index < -0.39 is 0 Å². The second kappa shape index (κ2) is 3.94. The van der Waals surface area contributed by atoms with E-state index in [-0.39, 0.29) is 11.5 Å². The van der Waals surface area contributed by atoms with Gasteiger partial charge in [-0.2, -0.15) is 0 Å². The van der Waals surface area contributed by atoms with Crippen LogP contribution in [0, 0.1) is 0 Å². The molecule has 0 fully saturated rings. The van der Waals surface area contributed by atoms with Gasteiger partial charge < -0.3 is 15.1 Å². The maximum absolute atomic E-state index is 9.26.